The lowest BCUT2D eigenvalue weighted by molar-refractivity contribution is -0.119. The standard InChI is InChI=1S/C23H21NO2/c1-26-19-11-7-10-18(14-19)15-21-20-12-5-6-13-22(20)24(23(21)25)16-17-8-3-2-4-9-17/h2-14,21H,15-16H2,1H3. The van der Waals surface area contributed by atoms with Crippen LogP contribution in [-0.4, -0.2) is 13.0 Å². The maximum Gasteiger partial charge on any atom is 0.235 e. The van der Waals surface area contributed by atoms with Gasteiger partial charge in [0.05, 0.1) is 19.6 Å². The highest BCUT2D eigenvalue weighted by molar-refractivity contribution is 6.05. The van der Waals surface area contributed by atoms with E-state index in [2.05, 4.69) is 24.3 Å². The third-order valence-electron chi connectivity index (χ3n) is 4.92. The zero-order valence-electron chi connectivity index (χ0n) is 14.8. The lowest BCUT2D eigenvalue weighted by Gasteiger charge is -2.18. The first-order chi connectivity index (χ1) is 12.8. The minimum Gasteiger partial charge on any atom is -0.497 e. The quantitative estimate of drug-likeness (QED) is 0.679. The molecule has 1 aliphatic heterocycles. The molecule has 26 heavy (non-hydrogen) atoms. The van der Waals surface area contributed by atoms with Gasteiger partial charge in [0.25, 0.3) is 0 Å². The lowest BCUT2D eigenvalue weighted by Crippen LogP contribution is -2.28. The Balaban J connectivity index is 1.64. The maximum atomic E-state index is 13.2. The molecule has 0 saturated heterocycles. The summed E-state index contributed by atoms with van der Waals surface area (Å²) in [4.78, 5) is 15.1. The number of para-hydroxylation sites is 1. The Kier molecular flexibility index (Phi) is 4.44. The van der Waals surface area contributed by atoms with Crippen molar-refractivity contribution < 1.29 is 9.53 Å². The van der Waals surface area contributed by atoms with Crippen LogP contribution in [0, 0.1) is 0 Å². The molecule has 0 aromatic heterocycles. The largest absolute Gasteiger partial charge is 0.497 e. The van der Waals surface area contributed by atoms with E-state index in [-0.39, 0.29) is 11.8 Å². The number of amides is 1. The first-order valence-corrected chi connectivity index (χ1v) is 8.83. The molecule has 1 unspecified atom stereocenters. The highest BCUT2D eigenvalue weighted by Crippen LogP contribution is 2.40. The number of anilines is 1. The number of hydrogen-bond acceptors (Lipinski definition) is 2. The molecule has 0 radical (unpaired) electrons. The van der Waals surface area contributed by atoms with Gasteiger partial charge in [-0.1, -0.05) is 60.7 Å². The number of rotatable bonds is 5. The van der Waals surface area contributed by atoms with Gasteiger partial charge in [0.1, 0.15) is 5.75 Å². The van der Waals surface area contributed by atoms with E-state index in [9.17, 15) is 4.79 Å². The van der Waals surface area contributed by atoms with Crippen molar-refractivity contribution in [2.75, 3.05) is 12.0 Å². The Morgan fingerprint density at radius 3 is 2.42 bits per heavy atom. The molecule has 3 aromatic carbocycles. The Labute approximate surface area is 153 Å². The molecule has 1 aliphatic rings. The van der Waals surface area contributed by atoms with E-state index in [0.29, 0.717) is 13.0 Å². The van der Waals surface area contributed by atoms with Crippen LogP contribution in [0.15, 0.2) is 78.9 Å². The Hall–Kier alpha value is -3.07. The predicted molar refractivity (Wildman–Crippen MR) is 104 cm³/mol. The van der Waals surface area contributed by atoms with Gasteiger partial charge in [-0.3, -0.25) is 4.79 Å². The van der Waals surface area contributed by atoms with Gasteiger partial charge in [-0.2, -0.15) is 0 Å². The van der Waals surface area contributed by atoms with Crippen LogP contribution in [0.5, 0.6) is 5.75 Å². The zero-order chi connectivity index (χ0) is 17.9. The molecule has 0 bridgehead atoms. The van der Waals surface area contributed by atoms with Gasteiger partial charge < -0.3 is 9.64 Å². The van der Waals surface area contributed by atoms with Crippen molar-refractivity contribution in [1.29, 1.82) is 0 Å². The van der Waals surface area contributed by atoms with Crippen molar-refractivity contribution in [3.63, 3.8) is 0 Å². The third kappa shape index (κ3) is 3.08. The van der Waals surface area contributed by atoms with Crippen molar-refractivity contribution in [3.8, 4) is 5.75 Å². The molecular formula is C23H21NO2. The third-order valence-corrected chi connectivity index (χ3v) is 4.92. The fraction of sp³-hybridized carbons (Fsp3) is 0.174. The van der Waals surface area contributed by atoms with Gasteiger partial charge >= 0.3 is 0 Å². The highest BCUT2D eigenvalue weighted by Gasteiger charge is 2.36. The summed E-state index contributed by atoms with van der Waals surface area (Å²) in [6, 6.07) is 26.2. The number of nitrogens with zero attached hydrogens (tertiary/aromatic N) is 1. The zero-order valence-corrected chi connectivity index (χ0v) is 14.8. The van der Waals surface area contributed by atoms with Crippen molar-refractivity contribution in [2.45, 2.75) is 18.9 Å². The van der Waals surface area contributed by atoms with E-state index in [1.54, 1.807) is 7.11 Å². The van der Waals surface area contributed by atoms with Crippen LogP contribution in [-0.2, 0) is 17.8 Å². The average molecular weight is 343 g/mol. The van der Waals surface area contributed by atoms with Crippen molar-refractivity contribution in [2.24, 2.45) is 0 Å². The second-order valence-corrected chi connectivity index (χ2v) is 6.58. The molecule has 0 N–H and O–H groups in total. The maximum absolute atomic E-state index is 13.2. The molecule has 1 heterocycles. The van der Waals surface area contributed by atoms with E-state index in [1.807, 2.05) is 59.5 Å². The highest BCUT2D eigenvalue weighted by atomic mass is 16.5. The van der Waals surface area contributed by atoms with Crippen molar-refractivity contribution in [1.82, 2.24) is 0 Å². The minimum atomic E-state index is -0.151. The van der Waals surface area contributed by atoms with Crippen LogP contribution in [0.2, 0.25) is 0 Å². The van der Waals surface area contributed by atoms with Gasteiger partial charge in [-0.15, -0.1) is 0 Å². The number of carbonyl (C=O) groups is 1. The van der Waals surface area contributed by atoms with Crippen LogP contribution in [0.4, 0.5) is 5.69 Å². The number of fused-ring (bicyclic) bond motifs is 1. The summed E-state index contributed by atoms with van der Waals surface area (Å²) < 4.78 is 5.32. The molecule has 3 nitrogen and oxygen atoms in total. The van der Waals surface area contributed by atoms with Crippen LogP contribution in [0.1, 0.15) is 22.6 Å². The SMILES string of the molecule is COc1cccc(CC2C(=O)N(Cc3ccccc3)c3ccccc32)c1. The summed E-state index contributed by atoms with van der Waals surface area (Å²) in [5.74, 6) is 0.835. The average Bonchev–Trinajstić information content (AvgIpc) is 2.95. The first-order valence-electron chi connectivity index (χ1n) is 8.83. The number of hydrogen-bond donors (Lipinski definition) is 0. The minimum absolute atomic E-state index is 0.151. The smallest absolute Gasteiger partial charge is 0.235 e. The summed E-state index contributed by atoms with van der Waals surface area (Å²) in [5, 5.41) is 0. The molecule has 0 saturated carbocycles. The van der Waals surface area contributed by atoms with Crippen LogP contribution >= 0.6 is 0 Å². The topological polar surface area (TPSA) is 29.5 Å². The van der Waals surface area contributed by atoms with Gasteiger partial charge in [-0.05, 0) is 41.3 Å². The Bertz CT molecular complexity index is 920. The summed E-state index contributed by atoms with van der Waals surface area (Å²) in [7, 11) is 1.66. The fourth-order valence-electron chi connectivity index (χ4n) is 3.63. The number of carbonyl (C=O) groups excluding carboxylic acids is 1. The number of benzene rings is 3. The Morgan fingerprint density at radius 2 is 1.62 bits per heavy atom. The van der Waals surface area contributed by atoms with Crippen molar-refractivity contribution in [3.05, 3.63) is 95.6 Å². The predicted octanol–water partition coefficient (Wildman–Crippen LogP) is 4.57. The monoisotopic (exact) mass is 343 g/mol. The molecule has 0 spiro atoms. The van der Waals surface area contributed by atoms with E-state index < -0.39 is 0 Å². The summed E-state index contributed by atoms with van der Waals surface area (Å²) >= 11 is 0. The second kappa shape index (κ2) is 7.04. The first kappa shape index (κ1) is 16.4. The van der Waals surface area contributed by atoms with E-state index in [0.717, 1.165) is 28.1 Å². The molecule has 3 aromatic rings. The molecule has 4 rings (SSSR count). The van der Waals surface area contributed by atoms with Crippen LogP contribution < -0.4 is 9.64 Å². The fourth-order valence-corrected chi connectivity index (χ4v) is 3.63. The second-order valence-electron chi connectivity index (χ2n) is 6.58. The van der Waals surface area contributed by atoms with Crippen LogP contribution in [0.25, 0.3) is 0 Å². The summed E-state index contributed by atoms with van der Waals surface area (Å²) in [6.45, 7) is 0.602. The molecule has 3 heteroatoms. The Morgan fingerprint density at radius 1 is 0.885 bits per heavy atom. The van der Waals surface area contributed by atoms with Gasteiger partial charge in [0.2, 0.25) is 5.91 Å². The van der Waals surface area contributed by atoms with Gasteiger partial charge in [0, 0.05) is 5.69 Å². The molecular weight excluding hydrogens is 322 g/mol. The van der Waals surface area contributed by atoms with E-state index in [4.69, 9.17) is 4.74 Å². The normalized spacial score (nSPS) is 15.8. The van der Waals surface area contributed by atoms with E-state index >= 15 is 0 Å². The van der Waals surface area contributed by atoms with Crippen LogP contribution in [0.3, 0.4) is 0 Å². The molecule has 0 aliphatic carbocycles. The number of ether oxygens (including phenoxy) is 1. The molecule has 0 fully saturated rings. The van der Waals surface area contributed by atoms with Gasteiger partial charge in [-0.25, -0.2) is 0 Å². The molecule has 130 valence electrons. The lowest BCUT2D eigenvalue weighted by atomic mass is 9.93. The van der Waals surface area contributed by atoms with E-state index in [1.165, 1.54) is 0 Å². The summed E-state index contributed by atoms with van der Waals surface area (Å²) in [5.41, 5.74) is 4.38. The number of methoxy groups -OCH3 is 1. The summed E-state index contributed by atoms with van der Waals surface area (Å²) in [6.07, 6.45) is 0.679. The molecule has 1 amide bonds. The van der Waals surface area contributed by atoms with Gasteiger partial charge in [0.15, 0.2) is 0 Å². The molecule has 1 atom stereocenters. The van der Waals surface area contributed by atoms with Crippen molar-refractivity contribution >= 4 is 11.6 Å².